The van der Waals surface area contributed by atoms with Gasteiger partial charge >= 0.3 is 0 Å². The Kier molecular flexibility index (Phi) is 10.9. The van der Waals surface area contributed by atoms with Crippen LogP contribution in [0.3, 0.4) is 0 Å². The molecular formula is C23H39O. The minimum absolute atomic E-state index is 0.228. The van der Waals surface area contributed by atoms with Crippen LogP contribution >= 0.6 is 0 Å². The van der Waals surface area contributed by atoms with E-state index in [2.05, 4.69) is 52.0 Å². The first-order valence-electron chi connectivity index (χ1n) is 10.2. The van der Waals surface area contributed by atoms with Crippen LogP contribution < -0.4 is 4.74 Å². The molecule has 0 saturated heterocycles. The Labute approximate surface area is 151 Å². The van der Waals surface area contributed by atoms with Crippen LogP contribution in [0.5, 0.6) is 5.75 Å². The molecule has 1 radical (unpaired) electrons. The molecule has 0 atom stereocenters. The summed E-state index contributed by atoms with van der Waals surface area (Å²) in [6, 6.07) is 9.65. The smallest absolute Gasteiger partial charge is 0.127 e. The van der Waals surface area contributed by atoms with Gasteiger partial charge in [0.05, 0.1) is 6.61 Å². The van der Waals surface area contributed by atoms with Gasteiger partial charge in [-0.05, 0) is 36.0 Å². The van der Waals surface area contributed by atoms with E-state index in [1.54, 1.807) is 0 Å². The predicted octanol–water partition coefficient (Wildman–Crippen LogP) is 7.47. The van der Waals surface area contributed by atoms with E-state index >= 15 is 0 Å². The minimum atomic E-state index is 0.228. The summed E-state index contributed by atoms with van der Waals surface area (Å²) in [6.45, 7) is 9.89. The van der Waals surface area contributed by atoms with E-state index in [-0.39, 0.29) is 5.41 Å². The lowest BCUT2D eigenvalue weighted by Crippen LogP contribution is -2.15. The predicted molar refractivity (Wildman–Crippen MR) is 106 cm³/mol. The summed E-state index contributed by atoms with van der Waals surface area (Å²) in [5.41, 5.74) is 1.57. The van der Waals surface area contributed by atoms with E-state index in [9.17, 15) is 0 Å². The molecule has 1 heteroatoms. The fourth-order valence-corrected chi connectivity index (χ4v) is 2.90. The van der Waals surface area contributed by atoms with Crippen LogP contribution in [0.2, 0.25) is 0 Å². The van der Waals surface area contributed by atoms with Gasteiger partial charge in [0.15, 0.2) is 0 Å². The molecule has 1 rings (SSSR count). The molecule has 0 saturated carbocycles. The molecule has 0 aliphatic rings. The second-order valence-electron chi connectivity index (χ2n) is 7.71. The lowest BCUT2D eigenvalue weighted by Gasteiger charge is -2.23. The van der Waals surface area contributed by atoms with Crippen LogP contribution in [-0.4, -0.2) is 6.61 Å². The second-order valence-corrected chi connectivity index (χ2v) is 7.71. The van der Waals surface area contributed by atoms with Gasteiger partial charge in [0.25, 0.3) is 0 Å². The van der Waals surface area contributed by atoms with Crippen molar-refractivity contribution in [3.05, 3.63) is 29.8 Å². The molecule has 0 amide bonds. The summed E-state index contributed by atoms with van der Waals surface area (Å²) < 4.78 is 5.82. The largest absolute Gasteiger partial charge is 0.493 e. The summed E-state index contributed by atoms with van der Waals surface area (Å²) in [4.78, 5) is 0. The van der Waals surface area contributed by atoms with Crippen molar-refractivity contribution in [1.82, 2.24) is 0 Å². The maximum absolute atomic E-state index is 5.82. The van der Waals surface area contributed by atoms with Crippen molar-refractivity contribution in [3.8, 4) is 5.75 Å². The monoisotopic (exact) mass is 331 g/mol. The second kappa shape index (κ2) is 12.4. The summed E-state index contributed by atoms with van der Waals surface area (Å²) in [6.07, 6.45) is 14.8. The van der Waals surface area contributed by atoms with Crippen molar-refractivity contribution in [2.24, 2.45) is 0 Å². The SMILES string of the molecule is CCCCCCCCCCCCOc1[c]cc(C(C)(C)CC)cc1. The number of rotatable bonds is 14. The summed E-state index contributed by atoms with van der Waals surface area (Å²) in [5.74, 6) is 0.890. The standard InChI is InChI=1S/C23H39O/c1-5-7-8-9-10-11-12-13-14-15-20-24-22-18-16-21(17-19-22)23(3,4)6-2/h16-18H,5-15,20H2,1-4H3. The zero-order valence-electron chi connectivity index (χ0n) is 16.6. The molecule has 0 aliphatic heterocycles. The molecule has 0 unspecified atom stereocenters. The molecule has 137 valence electrons. The van der Waals surface area contributed by atoms with Crippen LogP contribution in [-0.2, 0) is 5.41 Å². The minimum Gasteiger partial charge on any atom is -0.493 e. The van der Waals surface area contributed by atoms with E-state index in [4.69, 9.17) is 4.74 Å². The highest BCUT2D eigenvalue weighted by atomic mass is 16.5. The van der Waals surface area contributed by atoms with Crippen molar-refractivity contribution in [2.45, 2.75) is 104 Å². The van der Waals surface area contributed by atoms with E-state index in [1.165, 1.54) is 63.4 Å². The molecular weight excluding hydrogens is 292 g/mol. The van der Waals surface area contributed by atoms with Crippen molar-refractivity contribution in [1.29, 1.82) is 0 Å². The zero-order valence-corrected chi connectivity index (χ0v) is 16.6. The van der Waals surface area contributed by atoms with Gasteiger partial charge in [0.1, 0.15) is 5.75 Å². The number of hydrogen-bond acceptors (Lipinski definition) is 1. The highest BCUT2D eigenvalue weighted by molar-refractivity contribution is 5.30. The van der Waals surface area contributed by atoms with Crippen LogP contribution in [0.4, 0.5) is 0 Å². The molecule has 1 nitrogen and oxygen atoms in total. The van der Waals surface area contributed by atoms with E-state index in [0.717, 1.165) is 25.2 Å². The molecule has 0 heterocycles. The Morgan fingerprint density at radius 1 is 0.833 bits per heavy atom. The van der Waals surface area contributed by atoms with Gasteiger partial charge in [-0.2, -0.15) is 0 Å². The fraction of sp³-hybridized carbons (Fsp3) is 0.739. The van der Waals surface area contributed by atoms with Crippen molar-refractivity contribution in [2.75, 3.05) is 6.61 Å². The highest BCUT2D eigenvalue weighted by Gasteiger charge is 2.17. The summed E-state index contributed by atoms with van der Waals surface area (Å²) >= 11 is 0. The first kappa shape index (κ1) is 21.1. The maximum Gasteiger partial charge on any atom is 0.127 e. The van der Waals surface area contributed by atoms with Gasteiger partial charge in [-0.3, -0.25) is 0 Å². The van der Waals surface area contributed by atoms with Gasteiger partial charge in [-0.1, -0.05) is 91.5 Å². The van der Waals surface area contributed by atoms with Crippen LogP contribution in [0.25, 0.3) is 0 Å². The molecule has 0 spiro atoms. The number of hydrogen-bond donors (Lipinski definition) is 0. The van der Waals surface area contributed by atoms with Gasteiger partial charge in [0, 0.05) is 6.07 Å². The molecule has 0 aromatic heterocycles. The Bertz CT molecular complexity index is 405. The third-order valence-electron chi connectivity index (χ3n) is 5.21. The zero-order chi connectivity index (χ0) is 17.7. The molecule has 0 aliphatic carbocycles. The summed E-state index contributed by atoms with van der Waals surface area (Å²) in [5, 5.41) is 0. The van der Waals surface area contributed by atoms with Gasteiger partial charge in [-0.15, -0.1) is 0 Å². The summed E-state index contributed by atoms with van der Waals surface area (Å²) in [7, 11) is 0. The van der Waals surface area contributed by atoms with Gasteiger partial charge < -0.3 is 4.74 Å². The highest BCUT2D eigenvalue weighted by Crippen LogP contribution is 2.27. The van der Waals surface area contributed by atoms with Crippen molar-refractivity contribution in [3.63, 3.8) is 0 Å². The normalized spacial score (nSPS) is 11.7. The number of ether oxygens (including phenoxy) is 1. The third-order valence-corrected chi connectivity index (χ3v) is 5.21. The lowest BCUT2D eigenvalue weighted by molar-refractivity contribution is 0.303. The fourth-order valence-electron chi connectivity index (χ4n) is 2.90. The van der Waals surface area contributed by atoms with Crippen molar-refractivity contribution < 1.29 is 4.74 Å². The first-order chi connectivity index (χ1) is 11.6. The van der Waals surface area contributed by atoms with E-state index in [1.807, 2.05) is 0 Å². The topological polar surface area (TPSA) is 9.23 Å². The number of unbranched alkanes of at least 4 members (excludes halogenated alkanes) is 9. The Hall–Kier alpha value is -0.980. The third kappa shape index (κ3) is 8.76. The van der Waals surface area contributed by atoms with E-state index in [0.29, 0.717) is 0 Å². The Morgan fingerprint density at radius 2 is 1.42 bits per heavy atom. The number of benzene rings is 1. The van der Waals surface area contributed by atoms with Crippen LogP contribution in [0.1, 0.15) is 104 Å². The van der Waals surface area contributed by atoms with Gasteiger partial charge in [-0.25, -0.2) is 0 Å². The van der Waals surface area contributed by atoms with Crippen LogP contribution in [0.15, 0.2) is 18.2 Å². The van der Waals surface area contributed by atoms with Gasteiger partial charge in [0.2, 0.25) is 0 Å². The molecule has 0 bridgehead atoms. The van der Waals surface area contributed by atoms with E-state index < -0.39 is 0 Å². The Morgan fingerprint density at radius 3 is 1.92 bits per heavy atom. The quantitative estimate of drug-likeness (QED) is 0.321. The Balaban J connectivity index is 2.03. The average Bonchev–Trinajstić information content (AvgIpc) is 2.60. The average molecular weight is 332 g/mol. The molecule has 0 fully saturated rings. The maximum atomic E-state index is 5.82. The van der Waals surface area contributed by atoms with Crippen LogP contribution in [0, 0.1) is 6.07 Å². The molecule has 24 heavy (non-hydrogen) atoms. The first-order valence-corrected chi connectivity index (χ1v) is 10.2. The molecule has 1 aromatic carbocycles. The molecule has 1 aromatic rings. The molecule has 0 N–H and O–H groups in total. The lowest BCUT2D eigenvalue weighted by atomic mass is 9.82. The van der Waals surface area contributed by atoms with Crippen molar-refractivity contribution >= 4 is 0 Å².